The van der Waals surface area contributed by atoms with Gasteiger partial charge in [-0.05, 0) is 51.4 Å². The van der Waals surface area contributed by atoms with Crippen LogP contribution in [0.15, 0.2) is 18.2 Å². The van der Waals surface area contributed by atoms with Crippen molar-refractivity contribution in [2.75, 3.05) is 38.1 Å². The summed E-state index contributed by atoms with van der Waals surface area (Å²) in [5.41, 5.74) is 4.24. The lowest BCUT2D eigenvalue weighted by Crippen LogP contribution is -2.55. The van der Waals surface area contributed by atoms with Gasteiger partial charge in [0.25, 0.3) is 0 Å². The Morgan fingerprint density at radius 2 is 1.81 bits per heavy atom. The standard InChI is InChI=1S/C18H31N3/c1-6-17(19-5)16(4)20-10-12-21(13-11-20)18-9-7-8-14(2)15(18)3/h7-9,16-17,19H,6,10-13H2,1-5H3. The second-order valence-electron chi connectivity index (χ2n) is 6.29. The van der Waals surface area contributed by atoms with Gasteiger partial charge in [-0.2, -0.15) is 0 Å². The molecular weight excluding hydrogens is 258 g/mol. The fourth-order valence-electron chi connectivity index (χ4n) is 3.49. The maximum Gasteiger partial charge on any atom is 0.0399 e. The van der Waals surface area contributed by atoms with Gasteiger partial charge in [-0.15, -0.1) is 0 Å². The molecule has 0 aromatic heterocycles. The van der Waals surface area contributed by atoms with Gasteiger partial charge in [0, 0.05) is 44.0 Å². The second kappa shape index (κ2) is 7.28. The van der Waals surface area contributed by atoms with Gasteiger partial charge in [-0.3, -0.25) is 4.90 Å². The minimum Gasteiger partial charge on any atom is -0.369 e. The highest BCUT2D eigenvalue weighted by atomic mass is 15.3. The number of anilines is 1. The smallest absolute Gasteiger partial charge is 0.0399 e. The van der Waals surface area contributed by atoms with E-state index < -0.39 is 0 Å². The molecule has 21 heavy (non-hydrogen) atoms. The van der Waals surface area contributed by atoms with Crippen LogP contribution < -0.4 is 10.2 Å². The van der Waals surface area contributed by atoms with E-state index in [0.717, 1.165) is 26.2 Å². The Kier molecular flexibility index (Phi) is 5.65. The average molecular weight is 289 g/mol. The molecule has 0 saturated carbocycles. The predicted octanol–water partition coefficient (Wildman–Crippen LogP) is 2.81. The third kappa shape index (κ3) is 3.58. The topological polar surface area (TPSA) is 18.5 Å². The molecule has 1 fully saturated rings. The maximum atomic E-state index is 3.45. The molecule has 1 aromatic carbocycles. The highest BCUT2D eigenvalue weighted by molar-refractivity contribution is 5.56. The van der Waals surface area contributed by atoms with E-state index in [1.54, 1.807) is 0 Å². The van der Waals surface area contributed by atoms with Crippen molar-refractivity contribution in [3.63, 3.8) is 0 Å². The van der Waals surface area contributed by atoms with Gasteiger partial charge in [0.1, 0.15) is 0 Å². The van der Waals surface area contributed by atoms with Crippen LogP contribution in [0.25, 0.3) is 0 Å². The summed E-state index contributed by atoms with van der Waals surface area (Å²) in [6, 6.07) is 7.86. The van der Waals surface area contributed by atoms with E-state index in [1.165, 1.54) is 23.2 Å². The van der Waals surface area contributed by atoms with Crippen molar-refractivity contribution in [2.24, 2.45) is 0 Å². The van der Waals surface area contributed by atoms with E-state index in [0.29, 0.717) is 12.1 Å². The second-order valence-corrected chi connectivity index (χ2v) is 6.29. The predicted molar refractivity (Wildman–Crippen MR) is 92.3 cm³/mol. The zero-order valence-corrected chi connectivity index (χ0v) is 14.3. The van der Waals surface area contributed by atoms with Crippen molar-refractivity contribution < 1.29 is 0 Å². The van der Waals surface area contributed by atoms with Crippen LogP contribution in [0.4, 0.5) is 5.69 Å². The molecule has 1 N–H and O–H groups in total. The van der Waals surface area contributed by atoms with Gasteiger partial charge < -0.3 is 10.2 Å². The average Bonchev–Trinajstić information content (AvgIpc) is 2.51. The summed E-state index contributed by atoms with van der Waals surface area (Å²) in [6.07, 6.45) is 1.19. The van der Waals surface area contributed by atoms with Gasteiger partial charge in [0.15, 0.2) is 0 Å². The minimum atomic E-state index is 0.595. The summed E-state index contributed by atoms with van der Waals surface area (Å²) in [7, 11) is 2.08. The van der Waals surface area contributed by atoms with Gasteiger partial charge in [0.2, 0.25) is 0 Å². The minimum absolute atomic E-state index is 0.595. The number of nitrogens with zero attached hydrogens (tertiary/aromatic N) is 2. The summed E-state index contributed by atoms with van der Waals surface area (Å²) in [5, 5.41) is 3.45. The van der Waals surface area contributed by atoms with E-state index in [9.17, 15) is 0 Å². The molecule has 0 amide bonds. The zero-order valence-electron chi connectivity index (χ0n) is 14.3. The third-order valence-electron chi connectivity index (χ3n) is 5.20. The Morgan fingerprint density at radius 3 is 2.38 bits per heavy atom. The van der Waals surface area contributed by atoms with Crippen molar-refractivity contribution in [1.29, 1.82) is 0 Å². The lowest BCUT2D eigenvalue weighted by atomic mass is 10.0. The first-order valence-electron chi connectivity index (χ1n) is 8.31. The number of aryl methyl sites for hydroxylation is 1. The largest absolute Gasteiger partial charge is 0.369 e. The molecule has 0 spiro atoms. The van der Waals surface area contributed by atoms with Gasteiger partial charge in [0.05, 0.1) is 0 Å². The SMILES string of the molecule is CCC(NC)C(C)N1CCN(c2cccc(C)c2C)CC1. The number of piperazine rings is 1. The summed E-state index contributed by atoms with van der Waals surface area (Å²) in [6.45, 7) is 13.7. The molecule has 1 aliphatic rings. The first-order valence-corrected chi connectivity index (χ1v) is 8.31. The number of hydrogen-bond donors (Lipinski definition) is 1. The van der Waals surface area contributed by atoms with E-state index >= 15 is 0 Å². The summed E-state index contributed by atoms with van der Waals surface area (Å²) in [4.78, 5) is 5.18. The summed E-state index contributed by atoms with van der Waals surface area (Å²) in [5.74, 6) is 0. The molecule has 0 bridgehead atoms. The van der Waals surface area contributed by atoms with E-state index in [4.69, 9.17) is 0 Å². The molecule has 1 saturated heterocycles. The highest BCUT2D eigenvalue weighted by Gasteiger charge is 2.25. The number of nitrogens with one attached hydrogen (secondary N) is 1. The molecule has 118 valence electrons. The Hall–Kier alpha value is -1.06. The van der Waals surface area contributed by atoms with Crippen molar-refractivity contribution in [3.05, 3.63) is 29.3 Å². The zero-order chi connectivity index (χ0) is 15.4. The van der Waals surface area contributed by atoms with Crippen molar-refractivity contribution in [1.82, 2.24) is 10.2 Å². The van der Waals surface area contributed by atoms with E-state index in [2.05, 4.69) is 68.1 Å². The van der Waals surface area contributed by atoms with Crippen LogP contribution >= 0.6 is 0 Å². The Morgan fingerprint density at radius 1 is 1.14 bits per heavy atom. The molecule has 3 heteroatoms. The maximum absolute atomic E-state index is 3.45. The molecule has 2 atom stereocenters. The van der Waals surface area contributed by atoms with Crippen molar-refractivity contribution in [3.8, 4) is 0 Å². The van der Waals surface area contributed by atoms with Gasteiger partial charge in [-0.1, -0.05) is 19.1 Å². The van der Waals surface area contributed by atoms with Crippen LogP contribution in [0.3, 0.4) is 0 Å². The van der Waals surface area contributed by atoms with Gasteiger partial charge >= 0.3 is 0 Å². The molecule has 0 radical (unpaired) electrons. The molecule has 3 nitrogen and oxygen atoms in total. The first kappa shape index (κ1) is 16.3. The Bertz CT molecular complexity index is 446. The lowest BCUT2D eigenvalue weighted by Gasteiger charge is -2.42. The fourth-order valence-corrected chi connectivity index (χ4v) is 3.49. The number of likely N-dealkylation sites (N-methyl/N-ethyl adjacent to an activating group) is 1. The molecule has 1 heterocycles. The van der Waals surface area contributed by atoms with Crippen LogP contribution in [0.2, 0.25) is 0 Å². The number of benzene rings is 1. The lowest BCUT2D eigenvalue weighted by molar-refractivity contribution is 0.161. The number of hydrogen-bond acceptors (Lipinski definition) is 3. The molecule has 1 aliphatic heterocycles. The van der Waals surface area contributed by atoms with Crippen LogP contribution in [-0.4, -0.2) is 50.2 Å². The normalized spacial score (nSPS) is 19.6. The highest BCUT2D eigenvalue weighted by Crippen LogP contribution is 2.24. The van der Waals surface area contributed by atoms with Crippen molar-refractivity contribution in [2.45, 2.75) is 46.2 Å². The molecule has 0 aliphatic carbocycles. The first-order chi connectivity index (χ1) is 10.1. The fraction of sp³-hybridized carbons (Fsp3) is 0.667. The monoisotopic (exact) mass is 289 g/mol. The van der Waals surface area contributed by atoms with Crippen LogP contribution in [0.1, 0.15) is 31.4 Å². The molecule has 2 rings (SSSR count). The van der Waals surface area contributed by atoms with Crippen molar-refractivity contribution >= 4 is 5.69 Å². The Balaban J connectivity index is 1.98. The third-order valence-corrected chi connectivity index (χ3v) is 5.20. The molecular formula is C18H31N3. The molecule has 2 unspecified atom stereocenters. The van der Waals surface area contributed by atoms with E-state index in [1.807, 2.05) is 0 Å². The summed E-state index contributed by atoms with van der Waals surface area (Å²) >= 11 is 0. The number of rotatable bonds is 5. The van der Waals surface area contributed by atoms with Gasteiger partial charge in [-0.25, -0.2) is 0 Å². The van der Waals surface area contributed by atoms with E-state index in [-0.39, 0.29) is 0 Å². The molecule has 1 aromatic rings. The Labute approximate surface area is 130 Å². The van der Waals surface area contributed by atoms with Crippen LogP contribution in [0, 0.1) is 13.8 Å². The van der Waals surface area contributed by atoms with Crippen LogP contribution in [0.5, 0.6) is 0 Å². The quantitative estimate of drug-likeness (QED) is 0.899. The summed E-state index contributed by atoms with van der Waals surface area (Å²) < 4.78 is 0. The van der Waals surface area contributed by atoms with Crippen LogP contribution in [-0.2, 0) is 0 Å².